The molecule has 8 atom stereocenters. The first-order chi connectivity index (χ1) is 45.2. The number of benzene rings is 4. The molecule has 0 radical (unpaired) electrons. The number of esters is 4. The van der Waals surface area contributed by atoms with E-state index in [1.807, 2.05) is 137 Å². The van der Waals surface area contributed by atoms with Crippen molar-refractivity contribution < 1.29 is 85.1 Å². The number of fused-ring (bicyclic) bond motifs is 1. The first kappa shape index (κ1) is 71.3. The number of unbranched alkanes of at least 4 members (excludes halogenated alkanes) is 3. The number of aromatic nitrogens is 3. The minimum atomic E-state index is -2.03. The summed E-state index contributed by atoms with van der Waals surface area (Å²) in [7, 11) is 3.68. The number of aryl methyl sites for hydroxylation is 1. The predicted molar refractivity (Wildman–Crippen MR) is 344 cm³/mol. The van der Waals surface area contributed by atoms with E-state index < -0.39 is 98.4 Å². The summed E-state index contributed by atoms with van der Waals surface area (Å²) in [5, 5.41) is 1.09. The average molecular weight is 1320 g/mol. The summed E-state index contributed by atoms with van der Waals surface area (Å²) in [6, 6.07) is 33.7. The molecule has 6 aromatic rings. The maximum Gasteiger partial charge on any atom is 0.412 e. The Hall–Kier alpha value is -8.58. The predicted octanol–water partition coefficient (Wildman–Crippen LogP) is 9.50. The summed E-state index contributed by atoms with van der Waals surface area (Å²) in [6.45, 7) is 11.5. The number of amides is 1. The fraction of sp³-hybridized carbons (Fsp3) is 0.456. The summed E-state index contributed by atoms with van der Waals surface area (Å²) >= 11 is 0. The van der Waals surface area contributed by atoms with Crippen LogP contribution in [0.15, 0.2) is 143 Å². The van der Waals surface area contributed by atoms with Crippen molar-refractivity contribution in [2.24, 2.45) is 0 Å². The van der Waals surface area contributed by atoms with Crippen LogP contribution in [0.2, 0.25) is 0 Å². The van der Waals surface area contributed by atoms with Gasteiger partial charge in [-0.1, -0.05) is 72.8 Å². The maximum absolute atomic E-state index is 14.6. The van der Waals surface area contributed by atoms with Crippen LogP contribution in [-0.2, 0) is 82.9 Å². The number of hydrogen-bond acceptors (Lipinski definition) is 21. The summed E-state index contributed by atoms with van der Waals surface area (Å²) in [4.78, 5) is 98.6. The van der Waals surface area contributed by atoms with E-state index in [9.17, 15) is 33.6 Å². The minimum absolute atomic E-state index is 0.132. The maximum atomic E-state index is 14.6. The molecular formula is C68H84N5O20P. The lowest BCUT2D eigenvalue weighted by molar-refractivity contribution is -0.289. The third kappa shape index (κ3) is 17.4. The van der Waals surface area contributed by atoms with Crippen LogP contribution in [0.25, 0.3) is 10.9 Å². The molecule has 7 unspecified atom stereocenters. The van der Waals surface area contributed by atoms with Gasteiger partial charge in [0.05, 0.1) is 27.9 Å². The zero-order valence-electron chi connectivity index (χ0n) is 54.8. The molecule has 8 rings (SSSR count). The second-order valence-electron chi connectivity index (χ2n) is 22.9. The van der Waals surface area contributed by atoms with Gasteiger partial charge < -0.3 is 71.0 Å². The third-order valence-corrected chi connectivity index (χ3v) is 17.9. The van der Waals surface area contributed by atoms with E-state index in [2.05, 4.69) is 14.6 Å². The molecule has 506 valence electrons. The summed E-state index contributed by atoms with van der Waals surface area (Å²) < 4.78 is 82.2. The zero-order valence-corrected chi connectivity index (χ0v) is 55.7. The Bertz CT molecular complexity index is 3590. The highest BCUT2D eigenvalue weighted by molar-refractivity contribution is 7.44. The van der Waals surface area contributed by atoms with Gasteiger partial charge in [0.25, 0.3) is 5.56 Å². The standard InChI is InChI=1S/C68H84N5O20P/c1-42(2)73(43(3)4)94(93-57-55(90-63(60(57)83-10)72-38-35-56(77)70-66(72)79)41-85-68(48-23-14-12-15-24-48,49-27-31-51(81-8)32-28-49)50-29-33-52(82-9)34-30-50)86-39-21-13-19-36-71(37-20-18-22-47-40-69-54-26-17-16-25-53(47)54)67(80)92-65-62(89-46(7)76)59(88-45(6)75)58(87-44(5)74)61(91-65)64(78)84-11/h12,14-17,23-35,38,40,42-43,58-63,65,69H,13,18-22,36-37,39,41H2,1-11H3,(H,70,77,79)/t58?,59?,60?,61?,62?,63-,65?,94?/m1/s1. The Kier molecular flexibility index (Phi) is 25.4. The lowest BCUT2D eigenvalue weighted by Crippen LogP contribution is -2.64. The molecule has 0 spiro atoms. The number of nitrogens with zero attached hydrogens (tertiary/aromatic N) is 3. The number of hydrogen-bond donors (Lipinski definition) is 2. The van der Waals surface area contributed by atoms with Gasteiger partial charge in [0.1, 0.15) is 23.7 Å². The van der Waals surface area contributed by atoms with Crippen molar-refractivity contribution >= 4 is 49.4 Å². The SMILES string of the molecule is COC(=O)C1OC(OC(=O)N(CCCCCOP(OC2=C(COC(c3ccccc3)(c3ccc(OC)cc3)c3ccc(OC)cc3)O[C@@H](n3ccc(=O)[nH]c3=O)C2OC)N(C(C)C)C(C)C)CCCCc2c[nH]c3ccccc23)C(OC(C)=O)C(OC(C)=O)C1OC(C)=O. The minimum Gasteiger partial charge on any atom is -0.497 e. The van der Waals surface area contributed by atoms with Crippen molar-refractivity contribution in [1.82, 2.24) is 24.1 Å². The van der Waals surface area contributed by atoms with Gasteiger partial charge in [0.15, 0.2) is 35.9 Å². The molecule has 94 heavy (non-hydrogen) atoms. The molecule has 4 aromatic carbocycles. The molecule has 2 aliphatic heterocycles. The third-order valence-electron chi connectivity index (χ3n) is 15.8. The van der Waals surface area contributed by atoms with Crippen LogP contribution in [0, 0.1) is 0 Å². The molecule has 4 heterocycles. The van der Waals surface area contributed by atoms with E-state index in [-0.39, 0.29) is 49.9 Å². The number of para-hydroxylation sites is 1. The molecule has 1 saturated heterocycles. The smallest absolute Gasteiger partial charge is 0.412 e. The Morgan fingerprint density at radius 1 is 0.670 bits per heavy atom. The lowest BCUT2D eigenvalue weighted by Gasteiger charge is -2.43. The number of aromatic amines is 2. The topological polar surface area (TPSA) is 282 Å². The second-order valence-corrected chi connectivity index (χ2v) is 24.3. The Labute approximate surface area is 546 Å². The molecule has 1 amide bonds. The van der Waals surface area contributed by atoms with Gasteiger partial charge in [0, 0.05) is 82.4 Å². The van der Waals surface area contributed by atoms with Crippen molar-refractivity contribution in [3.63, 3.8) is 0 Å². The molecule has 0 bridgehead atoms. The van der Waals surface area contributed by atoms with Gasteiger partial charge in [0.2, 0.25) is 18.6 Å². The number of carbonyl (C=O) groups excluding carboxylic acids is 5. The molecule has 2 aromatic heterocycles. The normalized spacial score (nSPS) is 19.1. The van der Waals surface area contributed by atoms with Gasteiger partial charge in [-0.15, -0.1) is 0 Å². The van der Waals surface area contributed by atoms with Crippen LogP contribution in [0.5, 0.6) is 11.5 Å². The van der Waals surface area contributed by atoms with Crippen molar-refractivity contribution in [2.75, 3.05) is 54.7 Å². The number of rotatable bonds is 32. The molecule has 25 nitrogen and oxygen atoms in total. The van der Waals surface area contributed by atoms with Gasteiger partial charge in [-0.2, -0.15) is 0 Å². The number of H-pyrrole nitrogens is 2. The number of nitrogens with one attached hydrogen (secondary N) is 2. The van der Waals surface area contributed by atoms with Gasteiger partial charge in [-0.25, -0.2) is 19.1 Å². The van der Waals surface area contributed by atoms with Crippen LogP contribution in [0.4, 0.5) is 4.79 Å². The quantitative estimate of drug-likeness (QED) is 0.0131. The molecule has 1 fully saturated rings. The largest absolute Gasteiger partial charge is 0.497 e. The van der Waals surface area contributed by atoms with Crippen molar-refractivity contribution in [3.8, 4) is 11.5 Å². The van der Waals surface area contributed by atoms with Gasteiger partial charge in [-0.3, -0.25) is 28.7 Å². The highest BCUT2D eigenvalue weighted by atomic mass is 31.2. The molecule has 0 aliphatic carbocycles. The van der Waals surface area contributed by atoms with Crippen LogP contribution >= 0.6 is 8.53 Å². The lowest BCUT2D eigenvalue weighted by atomic mass is 9.80. The summed E-state index contributed by atoms with van der Waals surface area (Å²) in [5.74, 6) is -2.08. The highest BCUT2D eigenvalue weighted by Gasteiger charge is 2.56. The number of carbonyl (C=O) groups is 5. The van der Waals surface area contributed by atoms with E-state index in [0.717, 1.165) is 61.0 Å². The number of methoxy groups -OCH3 is 4. The van der Waals surface area contributed by atoms with Crippen molar-refractivity contribution in [3.05, 3.63) is 176 Å². The van der Waals surface area contributed by atoms with Crippen LogP contribution in [0.1, 0.15) is 109 Å². The first-order valence-electron chi connectivity index (χ1n) is 31.1. The van der Waals surface area contributed by atoms with Gasteiger partial charge in [-0.05, 0) is 119 Å². The van der Waals surface area contributed by atoms with Crippen molar-refractivity contribution in [1.29, 1.82) is 0 Å². The molecular weight excluding hydrogens is 1240 g/mol. The van der Waals surface area contributed by atoms with E-state index in [1.165, 1.54) is 28.8 Å². The Morgan fingerprint density at radius 2 is 1.26 bits per heavy atom. The summed E-state index contributed by atoms with van der Waals surface area (Å²) in [5.41, 5.74) is 1.68. The van der Waals surface area contributed by atoms with E-state index in [0.29, 0.717) is 50.0 Å². The Balaban J connectivity index is 1.06. The van der Waals surface area contributed by atoms with Crippen LogP contribution in [-0.4, -0.2) is 158 Å². The fourth-order valence-corrected chi connectivity index (χ4v) is 13.3. The van der Waals surface area contributed by atoms with E-state index in [4.69, 9.17) is 61.2 Å². The first-order valence-corrected chi connectivity index (χ1v) is 32.2. The Morgan fingerprint density at radius 3 is 1.84 bits per heavy atom. The molecule has 26 heteroatoms. The van der Waals surface area contributed by atoms with Crippen molar-refractivity contribution in [2.45, 2.75) is 148 Å². The summed E-state index contributed by atoms with van der Waals surface area (Å²) in [6.07, 6.45) is -5.24. The van der Waals surface area contributed by atoms with Crippen LogP contribution in [0.3, 0.4) is 0 Å². The highest BCUT2D eigenvalue weighted by Crippen LogP contribution is 2.52. The van der Waals surface area contributed by atoms with Gasteiger partial charge >= 0.3 is 44.2 Å². The van der Waals surface area contributed by atoms with E-state index in [1.54, 1.807) is 14.2 Å². The molecule has 2 N–H and O–H groups in total. The van der Waals surface area contributed by atoms with E-state index >= 15 is 0 Å². The fourth-order valence-electron chi connectivity index (χ4n) is 11.6. The monoisotopic (exact) mass is 1320 g/mol. The second kappa shape index (κ2) is 33.5. The average Bonchev–Trinajstić information content (AvgIpc) is 0.887. The zero-order chi connectivity index (χ0) is 67.6. The molecule has 0 saturated carbocycles. The number of ether oxygens (including phenoxy) is 11. The molecule has 2 aliphatic rings. The van der Waals surface area contributed by atoms with Crippen LogP contribution < -0.4 is 20.7 Å².